The molecule has 0 spiro atoms. The Morgan fingerprint density at radius 2 is 1.94 bits per heavy atom. The lowest BCUT2D eigenvalue weighted by molar-refractivity contribution is 1.25. The maximum absolute atomic E-state index is 8.80. The third-order valence-corrected chi connectivity index (χ3v) is 3.97. The molecule has 18 heavy (non-hydrogen) atoms. The van der Waals surface area contributed by atoms with Gasteiger partial charge in [-0.1, -0.05) is 30.0 Å². The normalized spacial score (nSPS) is 10.0. The summed E-state index contributed by atoms with van der Waals surface area (Å²) in [5, 5.41) is 8.80. The molecule has 0 aliphatic rings. The van der Waals surface area contributed by atoms with Gasteiger partial charge in [-0.05, 0) is 29.8 Å². The number of nitrogens with two attached hydrogens (primary N) is 1. The molecule has 2 aromatic carbocycles. The van der Waals surface area contributed by atoms with Crippen LogP contribution >= 0.6 is 23.4 Å². The lowest BCUT2D eigenvalue weighted by Gasteiger charge is -2.08. The predicted octanol–water partition coefficient (Wildman–Crippen LogP) is 4.03. The van der Waals surface area contributed by atoms with Gasteiger partial charge in [0.1, 0.15) is 0 Å². The molecule has 0 bridgehead atoms. The van der Waals surface area contributed by atoms with Gasteiger partial charge in [0.25, 0.3) is 0 Å². The SMILES string of the molecule is N#Cc1ccc(Sc2ccccc2CCl)c(N)c1. The highest BCUT2D eigenvalue weighted by Crippen LogP contribution is 2.34. The summed E-state index contributed by atoms with van der Waals surface area (Å²) in [5.74, 6) is 0.472. The van der Waals surface area contributed by atoms with Gasteiger partial charge < -0.3 is 5.73 Å². The molecule has 0 fully saturated rings. The first kappa shape index (κ1) is 12.8. The molecule has 0 amide bonds. The van der Waals surface area contributed by atoms with E-state index >= 15 is 0 Å². The standard InChI is InChI=1S/C14H11ClN2S/c15-8-11-3-1-2-4-13(11)18-14-6-5-10(9-16)7-12(14)17/h1-7H,8,17H2. The Morgan fingerprint density at radius 1 is 1.17 bits per heavy atom. The van der Waals surface area contributed by atoms with Crippen molar-refractivity contribution in [3.8, 4) is 6.07 Å². The zero-order valence-electron chi connectivity index (χ0n) is 9.56. The Morgan fingerprint density at radius 3 is 2.61 bits per heavy atom. The number of anilines is 1. The first-order valence-corrected chi connectivity index (χ1v) is 6.71. The number of alkyl halides is 1. The van der Waals surface area contributed by atoms with E-state index in [0.29, 0.717) is 17.1 Å². The quantitative estimate of drug-likeness (QED) is 0.679. The van der Waals surface area contributed by atoms with E-state index in [9.17, 15) is 0 Å². The Hall–Kier alpha value is -1.63. The fourth-order valence-electron chi connectivity index (χ4n) is 1.54. The summed E-state index contributed by atoms with van der Waals surface area (Å²) in [7, 11) is 0. The Labute approximate surface area is 115 Å². The van der Waals surface area contributed by atoms with Crippen LogP contribution in [0.2, 0.25) is 0 Å². The number of hydrogen-bond donors (Lipinski definition) is 1. The van der Waals surface area contributed by atoms with Crippen molar-refractivity contribution >= 4 is 29.1 Å². The van der Waals surface area contributed by atoms with Crippen LogP contribution in [0.25, 0.3) is 0 Å². The second-order valence-corrected chi connectivity index (χ2v) is 5.06. The summed E-state index contributed by atoms with van der Waals surface area (Å²) in [5.41, 5.74) is 8.19. The molecule has 2 rings (SSSR count). The molecule has 2 nitrogen and oxygen atoms in total. The molecule has 0 aliphatic heterocycles. The van der Waals surface area contributed by atoms with Crippen molar-refractivity contribution in [3.05, 3.63) is 53.6 Å². The van der Waals surface area contributed by atoms with E-state index in [1.807, 2.05) is 30.3 Å². The van der Waals surface area contributed by atoms with E-state index in [-0.39, 0.29) is 0 Å². The van der Waals surface area contributed by atoms with Crippen molar-refractivity contribution in [2.45, 2.75) is 15.7 Å². The lowest BCUT2D eigenvalue weighted by atomic mass is 10.2. The Bertz CT molecular complexity index is 605. The molecule has 0 saturated carbocycles. The molecule has 90 valence electrons. The largest absolute Gasteiger partial charge is 0.398 e. The number of benzene rings is 2. The molecule has 0 aliphatic carbocycles. The van der Waals surface area contributed by atoms with Crippen LogP contribution in [0.5, 0.6) is 0 Å². The molecular weight excluding hydrogens is 264 g/mol. The minimum absolute atomic E-state index is 0.472. The molecular formula is C14H11ClN2S. The second kappa shape index (κ2) is 5.81. The maximum Gasteiger partial charge on any atom is 0.0992 e. The van der Waals surface area contributed by atoms with Gasteiger partial charge in [0, 0.05) is 21.4 Å². The number of nitriles is 1. The highest BCUT2D eigenvalue weighted by Gasteiger charge is 2.06. The molecule has 0 aromatic heterocycles. The molecule has 0 saturated heterocycles. The topological polar surface area (TPSA) is 49.8 Å². The predicted molar refractivity (Wildman–Crippen MR) is 75.7 cm³/mol. The van der Waals surface area contributed by atoms with Crippen molar-refractivity contribution in [3.63, 3.8) is 0 Å². The third kappa shape index (κ3) is 2.79. The molecule has 2 aromatic rings. The smallest absolute Gasteiger partial charge is 0.0992 e. The van der Waals surface area contributed by atoms with E-state index < -0.39 is 0 Å². The van der Waals surface area contributed by atoms with Gasteiger partial charge in [-0.3, -0.25) is 0 Å². The Balaban J connectivity index is 2.32. The average Bonchev–Trinajstić information content (AvgIpc) is 2.41. The van der Waals surface area contributed by atoms with Gasteiger partial charge in [-0.25, -0.2) is 0 Å². The first-order chi connectivity index (χ1) is 8.74. The summed E-state index contributed by atoms with van der Waals surface area (Å²) < 4.78 is 0. The Kier molecular flexibility index (Phi) is 4.14. The van der Waals surface area contributed by atoms with Gasteiger partial charge in [0.2, 0.25) is 0 Å². The zero-order chi connectivity index (χ0) is 13.0. The summed E-state index contributed by atoms with van der Waals surface area (Å²) in [6, 6.07) is 15.3. The fourth-order valence-corrected chi connectivity index (χ4v) is 2.82. The monoisotopic (exact) mass is 274 g/mol. The minimum atomic E-state index is 0.472. The highest BCUT2D eigenvalue weighted by molar-refractivity contribution is 7.99. The van der Waals surface area contributed by atoms with Crippen molar-refractivity contribution in [1.29, 1.82) is 5.26 Å². The van der Waals surface area contributed by atoms with Crippen LogP contribution in [0.3, 0.4) is 0 Å². The third-order valence-electron chi connectivity index (χ3n) is 2.48. The van der Waals surface area contributed by atoms with Crippen LogP contribution in [0.15, 0.2) is 52.3 Å². The van der Waals surface area contributed by atoms with Crippen molar-refractivity contribution < 1.29 is 0 Å². The summed E-state index contributed by atoms with van der Waals surface area (Å²) >= 11 is 7.46. The average molecular weight is 275 g/mol. The van der Waals surface area contributed by atoms with Gasteiger partial charge in [-0.15, -0.1) is 11.6 Å². The fraction of sp³-hybridized carbons (Fsp3) is 0.0714. The van der Waals surface area contributed by atoms with E-state index in [4.69, 9.17) is 22.6 Å². The van der Waals surface area contributed by atoms with Gasteiger partial charge in [-0.2, -0.15) is 5.26 Å². The second-order valence-electron chi connectivity index (χ2n) is 3.71. The van der Waals surface area contributed by atoms with Crippen LogP contribution < -0.4 is 5.73 Å². The minimum Gasteiger partial charge on any atom is -0.398 e. The zero-order valence-corrected chi connectivity index (χ0v) is 11.1. The number of nitrogens with zero attached hydrogens (tertiary/aromatic N) is 1. The van der Waals surface area contributed by atoms with Gasteiger partial charge in [0.05, 0.1) is 11.6 Å². The van der Waals surface area contributed by atoms with Crippen molar-refractivity contribution in [2.75, 3.05) is 5.73 Å². The molecule has 0 unspecified atom stereocenters. The van der Waals surface area contributed by atoms with Crippen LogP contribution in [0.1, 0.15) is 11.1 Å². The van der Waals surface area contributed by atoms with Crippen LogP contribution in [0, 0.1) is 11.3 Å². The van der Waals surface area contributed by atoms with E-state index in [2.05, 4.69) is 6.07 Å². The van der Waals surface area contributed by atoms with E-state index in [0.717, 1.165) is 15.4 Å². The van der Waals surface area contributed by atoms with E-state index in [1.54, 1.807) is 23.9 Å². The molecule has 4 heteroatoms. The van der Waals surface area contributed by atoms with Crippen molar-refractivity contribution in [1.82, 2.24) is 0 Å². The molecule has 0 heterocycles. The lowest BCUT2D eigenvalue weighted by Crippen LogP contribution is -1.90. The summed E-state index contributed by atoms with van der Waals surface area (Å²) in [4.78, 5) is 2.02. The van der Waals surface area contributed by atoms with Gasteiger partial charge >= 0.3 is 0 Å². The number of hydrogen-bond acceptors (Lipinski definition) is 3. The maximum atomic E-state index is 8.80. The molecule has 2 N–H and O–H groups in total. The summed E-state index contributed by atoms with van der Waals surface area (Å²) in [6.07, 6.45) is 0. The van der Waals surface area contributed by atoms with Crippen LogP contribution in [-0.2, 0) is 5.88 Å². The highest BCUT2D eigenvalue weighted by atomic mass is 35.5. The van der Waals surface area contributed by atoms with Crippen LogP contribution in [-0.4, -0.2) is 0 Å². The number of nitrogen functional groups attached to an aromatic ring is 1. The number of rotatable bonds is 3. The van der Waals surface area contributed by atoms with Gasteiger partial charge in [0.15, 0.2) is 0 Å². The molecule has 0 radical (unpaired) electrons. The van der Waals surface area contributed by atoms with E-state index in [1.165, 1.54) is 0 Å². The van der Waals surface area contributed by atoms with Crippen LogP contribution in [0.4, 0.5) is 5.69 Å². The molecule has 0 atom stereocenters. The number of halogens is 1. The first-order valence-electron chi connectivity index (χ1n) is 5.36. The summed E-state index contributed by atoms with van der Waals surface area (Å²) in [6.45, 7) is 0. The van der Waals surface area contributed by atoms with Crippen molar-refractivity contribution in [2.24, 2.45) is 0 Å².